The summed E-state index contributed by atoms with van der Waals surface area (Å²) in [6.07, 6.45) is 0. The van der Waals surface area contributed by atoms with E-state index >= 15 is 0 Å². The van der Waals surface area contributed by atoms with Gasteiger partial charge in [-0.1, -0.05) is 13.8 Å². The van der Waals surface area contributed by atoms with Gasteiger partial charge in [0, 0.05) is 22.7 Å². The molecule has 7 heteroatoms. The van der Waals surface area contributed by atoms with Crippen LogP contribution in [0.3, 0.4) is 0 Å². The van der Waals surface area contributed by atoms with Gasteiger partial charge >= 0.3 is 0 Å². The molecule has 21 heavy (non-hydrogen) atoms. The standard InChI is InChI=1S/C14H23BrN2O3S/c1-9(2)8-17(10(3)4)21(18,19)14-7-12(16)11(15)6-13(14)20-5/h6-7,9-10H,8,16H2,1-5H3. The molecule has 5 nitrogen and oxygen atoms in total. The monoisotopic (exact) mass is 378 g/mol. The first-order valence-corrected chi connectivity index (χ1v) is 8.99. The van der Waals surface area contributed by atoms with E-state index in [0.717, 1.165) is 0 Å². The number of sulfonamides is 1. The van der Waals surface area contributed by atoms with E-state index in [9.17, 15) is 8.42 Å². The Morgan fingerprint density at radius 2 is 1.86 bits per heavy atom. The summed E-state index contributed by atoms with van der Waals surface area (Å²) in [6.45, 7) is 8.12. The average Bonchev–Trinajstić information content (AvgIpc) is 2.37. The SMILES string of the molecule is COc1cc(Br)c(N)cc1S(=O)(=O)N(CC(C)C)C(C)C. The van der Waals surface area contributed by atoms with E-state index < -0.39 is 10.0 Å². The molecule has 120 valence electrons. The molecule has 0 aliphatic heterocycles. The van der Waals surface area contributed by atoms with Crippen LogP contribution in [0.1, 0.15) is 27.7 Å². The van der Waals surface area contributed by atoms with Crippen LogP contribution in [0.2, 0.25) is 0 Å². The third-order valence-electron chi connectivity index (χ3n) is 2.99. The summed E-state index contributed by atoms with van der Waals surface area (Å²) in [5.41, 5.74) is 6.20. The minimum absolute atomic E-state index is 0.0973. The van der Waals surface area contributed by atoms with Crippen molar-refractivity contribution >= 4 is 31.6 Å². The number of anilines is 1. The first kappa shape index (κ1) is 18.3. The second kappa shape index (κ2) is 6.98. The van der Waals surface area contributed by atoms with Crippen molar-refractivity contribution < 1.29 is 13.2 Å². The Balaban J connectivity index is 3.44. The molecule has 0 radical (unpaired) electrons. The third-order valence-corrected chi connectivity index (χ3v) is 5.74. The van der Waals surface area contributed by atoms with E-state index in [4.69, 9.17) is 10.5 Å². The van der Waals surface area contributed by atoms with Gasteiger partial charge in [0.1, 0.15) is 10.6 Å². The van der Waals surface area contributed by atoms with Crippen LogP contribution < -0.4 is 10.5 Å². The zero-order valence-electron chi connectivity index (χ0n) is 13.1. The predicted octanol–water partition coefficient (Wildman–Crippen LogP) is 3.10. The molecule has 0 saturated carbocycles. The van der Waals surface area contributed by atoms with Crippen molar-refractivity contribution in [2.75, 3.05) is 19.4 Å². The van der Waals surface area contributed by atoms with Gasteiger partial charge in [-0.2, -0.15) is 4.31 Å². The highest BCUT2D eigenvalue weighted by Gasteiger charge is 2.31. The number of rotatable bonds is 6. The van der Waals surface area contributed by atoms with E-state index in [1.54, 1.807) is 6.07 Å². The molecule has 1 rings (SSSR count). The fourth-order valence-electron chi connectivity index (χ4n) is 1.98. The molecule has 0 saturated heterocycles. The molecule has 2 N–H and O–H groups in total. The third kappa shape index (κ3) is 4.11. The number of nitrogens with zero attached hydrogens (tertiary/aromatic N) is 1. The van der Waals surface area contributed by atoms with Gasteiger partial charge in [0.05, 0.1) is 7.11 Å². The first-order valence-electron chi connectivity index (χ1n) is 6.76. The van der Waals surface area contributed by atoms with Crippen LogP contribution in [0.15, 0.2) is 21.5 Å². The number of nitrogen functional groups attached to an aromatic ring is 1. The van der Waals surface area contributed by atoms with Crippen molar-refractivity contribution in [3.05, 3.63) is 16.6 Å². The molecule has 1 aromatic rings. The van der Waals surface area contributed by atoms with Crippen molar-refractivity contribution in [2.24, 2.45) is 5.92 Å². The van der Waals surface area contributed by atoms with Crippen molar-refractivity contribution in [2.45, 2.75) is 38.6 Å². The lowest BCUT2D eigenvalue weighted by Gasteiger charge is -2.28. The molecule has 0 amide bonds. The van der Waals surface area contributed by atoms with Gasteiger partial charge in [-0.25, -0.2) is 8.42 Å². The van der Waals surface area contributed by atoms with Crippen LogP contribution >= 0.6 is 15.9 Å². The highest BCUT2D eigenvalue weighted by Crippen LogP contribution is 2.34. The molecule has 0 aromatic heterocycles. The van der Waals surface area contributed by atoms with Crippen LogP contribution in [0.4, 0.5) is 5.69 Å². The van der Waals surface area contributed by atoms with E-state index in [1.807, 2.05) is 27.7 Å². The Kier molecular flexibility index (Phi) is 6.07. The minimum Gasteiger partial charge on any atom is -0.495 e. The molecule has 0 spiro atoms. The summed E-state index contributed by atoms with van der Waals surface area (Å²) in [4.78, 5) is 0.0973. The number of halogens is 1. The van der Waals surface area contributed by atoms with Crippen LogP contribution in [0.5, 0.6) is 5.75 Å². The van der Waals surface area contributed by atoms with Gasteiger partial charge in [-0.15, -0.1) is 0 Å². The molecule has 0 bridgehead atoms. The summed E-state index contributed by atoms with van der Waals surface area (Å²) in [7, 11) is -2.23. The molecular weight excluding hydrogens is 356 g/mol. The summed E-state index contributed by atoms with van der Waals surface area (Å²) in [5, 5.41) is 0. The number of hydrogen-bond acceptors (Lipinski definition) is 4. The second-order valence-electron chi connectivity index (χ2n) is 5.59. The van der Waals surface area contributed by atoms with Crippen LogP contribution in [0, 0.1) is 5.92 Å². The maximum atomic E-state index is 12.9. The van der Waals surface area contributed by atoms with Gasteiger partial charge in [0.15, 0.2) is 0 Å². The Bertz CT molecular complexity index is 600. The van der Waals surface area contributed by atoms with Crippen molar-refractivity contribution in [3.8, 4) is 5.75 Å². The smallest absolute Gasteiger partial charge is 0.247 e. The number of methoxy groups -OCH3 is 1. The predicted molar refractivity (Wildman–Crippen MR) is 89.0 cm³/mol. The van der Waals surface area contributed by atoms with E-state index in [0.29, 0.717) is 16.7 Å². The quantitative estimate of drug-likeness (QED) is 0.771. The molecular formula is C14H23BrN2O3S. The number of benzene rings is 1. The highest BCUT2D eigenvalue weighted by atomic mass is 79.9. The summed E-state index contributed by atoms with van der Waals surface area (Å²) in [6, 6.07) is 2.87. The van der Waals surface area contributed by atoms with Crippen LogP contribution in [0.25, 0.3) is 0 Å². The van der Waals surface area contributed by atoms with E-state index in [1.165, 1.54) is 17.5 Å². The van der Waals surface area contributed by atoms with Gasteiger partial charge in [0.2, 0.25) is 10.0 Å². The van der Waals surface area contributed by atoms with Crippen LogP contribution in [-0.2, 0) is 10.0 Å². The fourth-order valence-corrected chi connectivity index (χ4v) is 4.28. The Morgan fingerprint density at radius 1 is 1.29 bits per heavy atom. The van der Waals surface area contributed by atoms with Crippen molar-refractivity contribution in [3.63, 3.8) is 0 Å². The van der Waals surface area contributed by atoms with E-state index in [-0.39, 0.29) is 22.6 Å². The van der Waals surface area contributed by atoms with Gasteiger partial charge in [-0.05, 0) is 47.8 Å². The normalized spacial score (nSPS) is 12.4. The maximum absolute atomic E-state index is 12.9. The summed E-state index contributed by atoms with van der Waals surface area (Å²) < 4.78 is 33.2. The number of nitrogens with two attached hydrogens (primary N) is 1. The average molecular weight is 379 g/mol. The van der Waals surface area contributed by atoms with Crippen molar-refractivity contribution in [1.82, 2.24) is 4.31 Å². The molecule has 0 atom stereocenters. The zero-order valence-corrected chi connectivity index (χ0v) is 15.5. The molecule has 0 aliphatic rings. The molecule has 0 aliphatic carbocycles. The minimum atomic E-state index is -3.67. The highest BCUT2D eigenvalue weighted by molar-refractivity contribution is 9.10. The first-order chi connectivity index (χ1) is 9.61. The lowest BCUT2D eigenvalue weighted by molar-refractivity contribution is 0.316. The van der Waals surface area contributed by atoms with E-state index in [2.05, 4.69) is 15.9 Å². The van der Waals surface area contributed by atoms with Gasteiger partial charge < -0.3 is 10.5 Å². The molecule has 0 fully saturated rings. The van der Waals surface area contributed by atoms with Crippen LogP contribution in [-0.4, -0.2) is 32.4 Å². The zero-order chi connectivity index (χ0) is 16.4. The Hall–Kier alpha value is -0.790. The largest absolute Gasteiger partial charge is 0.495 e. The fraction of sp³-hybridized carbons (Fsp3) is 0.571. The molecule has 1 aromatic carbocycles. The van der Waals surface area contributed by atoms with Crippen molar-refractivity contribution in [1.29, 1.82) is 0 Å². The Labute approximate surface area is 135 Å². The van der Waals surface area contributed by atoms with Gasteiger partial charge in [0.25, 0.3) is 0 Å². The maximum Gasteiger partial charge on any atom is 0.247 e. The lowest BCUT2D eigenvalue weighted by Crippen LogP contribution is -2.39. The number of hydrogen-bond donors (Lipinski definition) is 1. The topological polar surface area (TPSA) is 72.6 Å². The summed E-state index contributed by atoms with van der Waals surface area (Å²) in [5.74, 6) is 0.506. The molecule has 0 unspecified atom stereocenters. The number of ether oxygens (including phenoxy) is 1. The second-order valence-corrected chi connectivity index (χ2v) is 8.30. The molecule has 0 heterocycles. The Morgan fingerprint density at radius 3 is 2.29 bits per heavy atom. The lowest BCUT2D eigenvalue weighted by atomic mass is 10.2. The van der Waals surface area contributed by atoms with Gasteiger partial charge in [-0.3, -0.25) is 0 Å². The summed E-state index contributed by atoms with van der Waals surface area (Å²) >= 11 is 3.28.